The van der Waals surface area contributed by atoms with Gasteiger partial charge < -0.3 is 4.74 Å². The van der Waals surface area contributed by atoms with Crippen molar-refractivity contribution in [3.05, 3.63) is 35.9 Å². The quantitative estimate of drug-likeness (QED) is 0.713. The van der Waals surface area contributed by atoms with Crippen LogP contribution in [-0.4, -0.2) is 12.1 Å². The van der Waals surface area contributed by atoms with Crippen LogP contribution in [0.2, 0.25) is 0 Å². The van der Waals surface area contributed by atoms with Gasteiger partial charge in [0.15, 0.2) is 0 Å². The van der Waals surface area contributed by atoms with Gasteiger partial charge in [-0.25, -0.2) is 0 Å². The van der Waals surface area contributed by atoms with Crippen LogP contribution < -0.4 is 0 Å². The maximum Gasteiger partial charge on any atom is 0.317 e. The molecule has 0 saturated carbocycles. The summed E-state index contributed by atoms with van der Waals surface area (Å²) in [4.78, 5) is 12.1. The van der Waals surface area contributed by atoms with E-state index in [1.807, 2.05) is 37.3 Å². The fourth-order valence-corrected chi connectivity index (χ4v) is 2.64. The summed E-state index contributed by atoms with van der Waals surface area (Å²) in [5, 5.41) is 0. The second kappa shape index (κ2) is 3.93. The smallest absolute Gasteiger partial charge is 0.317 e. The number of benzene rings is 1. The zero-order chi connectivity index (χ0) is 11.8. The van der Waals surface area contributed by atoms with Gasteiger partial charge in [-0.2, -0.15) is 0 Å². The third-order valence-electron chi connectivity index (χ3n) is 3.56. The molecule has 1 saturated heterocycles. The number of carbonyl (C=O) groups excluding carboxylic acids is 1. The Morgan fingerprint density at radius 3 is 2.38 bits per heavy atom. The molecule has 2 nitrogen and oxygen atoms in total. The molecule has 1 fully saturated rings. The Hall–Kier alpha value is -1.31. The standard InChI is InChI=1S/C14H18O2/c1-10(2)14(9-11(3)16-13(14)15)12-7-5-4-6-8-12/h4-8,10-11H,9H2,1-3H3/t11-,14+/m1/s1. The molecule has 0 N–H and O–H groups in total. The lowest BCUT2D eigenvalue weighted by Crippen LogP contribution is -2.37. The van der Waals surface area contributed by atoms with Crippen LogP contribution in [0.15, 0.2) is 30.3 Å². The molecular formula is C14H18O2. The lowest BCUT2D eigenvalue weighted by Gasteiger charge is -2.29. The lowest BCUT2D eigenvalue weighted by molar-refractivity contribution is -0.146. The van der Waals surface area contributed by atoms with Crippen molar-refractivity contribution in [2.24, 2.45) is 5.92 Å². The van der Waals surface area contributed by atoms with Crippen molar-refractivity contribution in [3.63, 3.8) is 0 Å². The highest BCUT2D eigenvalue weighted by Crippen LogP contribution is 2.43. The first kappa shape index (κ1) is 11.2. The summed E-state index contributed by atoms with van der Waals surface area (Å²) in [5.41, 5.74) is 0.639. The van der Waals surface area contributed by atoms with E-state index in [0.29, 0.717) is 0 Å². The van der Waals surface area contributed by atoms with Gasteiger partial charge in [-0.3, -0.25) is 4.79 Å². The van der Waals surface area contributed by atoms with E-state index in [0.717, 1.165) is 12.0 Å². The molecular weight excluding hydrogens is 200 g/mol. The molecule has 0 aliphatic carbocycles. The molecule has 0 aromatic heterocycles. The summed E-state index contributed by atoms with van der Waals surface area (Å²) in [6.07, 6.45) is 0.808. The zero-order valence-electron chi connectivity index (χ0n) is 10.1. The second-order valence-corrected chi connectivity index (χ2v) is 4.91. The molecule has 1 aromatic carbocycles. The van der Waals surface area contributed by atoms with E-state index < -0.39 is 5.41 Å². The average Bonchev–Trinajstić information content (AvgIpc) is 2.56. The van der Waals surface area contributed by atoms with Crippen molar-refractivity contribution in [1.82, 2.24) is 0 Å². The summed E-state index contributed by atoms with van der Waals surface area (Å²) < 4.78 is 5.35. The molecule has 1 aliphatic heterocycles. The normalized spacial score (nSPS) is 29.5. The maximum absolute atomic E-state index is 12.1. The first-order chi connectivity index (χ1) is 7.57. The molecule has 1 heterocycles. The van der Waals surface area contributed by atoms with Crippen LogP contribution in [0.5, 0.6) is 0 Å². The van der Waals surface area contributed by atoms with Crippen LogP contribution in [0, 0.1) is 5.92 Å². The first-order valence-electron chi connectivity index (χ1n) is 5.84. The molecule has 2 atom stereocenters. The third-order valence-corrected chi connectivity index (χ3v) is 3.56. The molecule has 86 valence electrons. The Balaban J connectivity index is 2.49. The van der Waals surface area contributed by atoms with Gasteiger partial charge in [0.25, 0.3) is 0 Å². The summed E-state index contributed by atoms with van der Waals surface area (Å²) in [7, 11) is 0. The highest BCUT2D eigenvalue weighted by molar-refractivity contribution is 5.85. The number of carbonyl (C=O) groups is 1. The highest BCUT2D eigenvalue weighted by Gasteiger charge is 2.51. The SMILES string of the molecule is CC(C)[C@]1(c2ccccc2)C[C@@H](C)OC1=O. The molecule has 0 amide bonds. The molecule has 1 aliphatic rings. The van der Waals surface area contributed by atoms with Gasteiger partial charge in [-0.1, -0.05) is 44.2 Å². The van der Waals surface area contributed by atoms with Gasteiger partial charge in [0, 0.05) is 6.42 Å². The summed E-state index contributed by atoms with van der Waals surface area (Å²) in [5.74, 6) is 0.188. The van der Waals surface area contributed by atoms with Crippen molar-refractivity contribution in [1.29, 1.82) is 0 Å². The van der Waals surface area contributed by atoms with E-state index in [1.165, 1.54) is 0 Å². The Bertz CT molecular complexity index is 383. The van der Waals surface area contributed by atoms with E-state index >= 15 is 0 Å². The van der Waals surface area contributed by atoms with Crippen LogP contribution in [0.1, 0.15) is 32.8 Å². The molecule has 2 rings (SSSR count). The van der Waals surface area contributed by atoms with Gasteiger partial charge in [0.05, 0.1) is 5.41 Å². The third kappa shape index (κ3) is 1.53. The fraction of sp³-hybridized carbons (Fsp3) is 0.500. The van der Waals surface area contributed by atoms with E-state index in [4.69, 9.17) is 4.74 Å². The minimum Gasteiger partial charge on any atom is -0.462 e. The minimum atomic E-state index is -0.444. The largest absolute Gasteiger partial charge is 0.462 e. The Morgan fingerprint density at radius 2 is 1.94 bits per heavy atom. The van der Waals surface area contributed by atoms with Crippen molar-refractivity contribution >= 4 is 5.97 Å². The minimum absolute atomic E-state index is 0.0232. The Kier molecular flexibility index (Phi) is 2.75. The molecule has 16 heavy (non-hydrogen) atoms. The molecule has 0 bridgehead atoms. The average molecular weight is 218 g/mol. The van der Waals surface area contributed by atoms with Crippen molar-refractivity contribution in [2.75, 3.05) is 0 Å². The summed E-state index contributed by atoms with van der Waals surface area (Å²) in [6, 6.07) is 9.99. The number of cyclic esters (lactones) is 1. The van der Waals surface area contributed by atoms with Crippen molar-refractivity contribution in [2.45, 2.75) is 38.7 Å². The van der Waals surface area contributed by atoms with Gasteiger partial charge in [-0.05, 0) is 18.4 Å². The number of rotatable bonds is 2. The van der Waals surface area contributed by atoms with Gasteiger partial charge in [-0.15, -0.1) is 0 Å². The fourth-order valence-electron chi connectivity index (χ4n) is 2.64. The van der Waals surface area contributed by atoms with Gasteiger partial charge in [0.2, 0.25) is 0 Å². The first-order valence-corrected chi connectivity index (χ1v) is 5.84. The van der Waals surface area contributed by atoms with E-state index in [-0.39, 0.29) is 18.0 Å². The number of hydrogen-bond donors (Lipinski definition) is 0. The molecule has 1 aromatic rings. The van der Waals surface area contributed by atoms with E-state index in [2.05, 4.69) is 13.8 Å². The Labute approximate surface area is 96.6 Å². The van der Waals surface area contributed by atoms with Crippen LogP contribution in [0.3, 0.4) is 0 Å². The van der Waals surface area contributed by atoms with E-state index in [1.54, 1.807) is 0 Å². The van der Waals surface area contributed by atoms with Gasteiger partial charge >= 0.3 is 5.97 Å². The predicted octanol–water partition coefficient (Wildman–Crippen LogP) is 2.92. The van der Waals surface area contributed by atoms with Crippen LogP contribution in [0.25, 0.3) is 0 Å². The number of hydrogen-bond acceptors (Lipinski definition) is 2. The maximum atomic E-state index is 12.1. The van der Waals surface area contributed by atoms with Crippen LogP contribution in [-0.2, 0) is 14.9 Å². The molecule has 2 heteroatoms. The van der Waals surface area contributed by atoms with Crippen LogP contribution >= 0.6 is 0 Å². The zero-order valence-corrected chi connectivity index (χ0v) is 10.1. The number of ether oxygens (including phenoxy) is 1. The summed E-state index contributed by atoms with van der Waals surface area (Å²) >= 11 is 0. The molecule has 0 radical (unpaired) electrons. The predicted molar refractivity (Wildman–Crippen MR) is 63.1 cm³/mol. The second-order valence-electron chi connectivity index (χ2n) is 4.91. The topological polar surface area (TPSA) is 26.3 Å². The number of esters is 1. The Morgan fingerprint density at radius 1 is 1.31 bits per heavy atom. The van der Waals surface area contributed by atoms with Gasteiger partial charge in [0.1, 0.15) is 6.10 Å². The highest BCUT2D eigenvalue weighted by atomic mass is 16.6. The lowest BCUT2D eigenvalue weighted by atomic mass is 9.70. The van der Waals surface area contributed by atoms with Crippen molar-refractivity contribution < 1.29 is 9.53 Å². The summed E-state index contributed by atoms with van der Waals surface area (Å²) in [6.45, 7) is 6.14. The monoisotopic (exact) mass is 218 g/mol. The molecule has 0 spiro atoms. The molecule has 0 unspecified atom stereocenters. The van der Waals surface area contributed by atoms with Crippen LogP contribution in [0.4, 0.5) is 0 Å². The van der Waals surface area contributed by atoms with Crippen molar-refractivity contribution in [3.8, 4) is 0 Å². The van der Waals surface area contributed by atoms with E-state index in [9.17, 15) is 4.79 Å².